The monoisotopic (exact) mass is 366 g/mol. The maximum Gasteiger partial charge on any atom is 0.220 e. The predicted octanol–water partition coefficient (Wildman–Crippen LogP) is 4.05. The SMILES string of the molecule is O=C(CCc1ncc(-c2ccc(F)cc2)o1)N[C@@H]1CCOc2ccccc21. The summed E-state index contributed by atoms with van der Waals surface area (Å²) in [6.07, 6.45) is 3.02. The molecule has 0 saturated carbocycles. The van der Waals surface area contributed by atoms with Gasteiger partial charge < -0.3 is 14.5 Å². The summed E-state index contributed by atoms with van der Waals surface area (Å²) in [5.41, 5.74) is 1.75. The molecule has 1 atom stereocenters. The minimum atomic E-state index is -0.301. The Balaban J connectivity index is 1.34. The number of rotatable bonds is 5. The summed E-state index contributed by atoms with van der Waals surface area (Å²) < 4.78 is 24.3. The van der Waals surface area contributed by atoms with E-state index in [4.69, 9.17) is 9.15 Å². The number of oxazole rings is 1. The summed E-state index contributed by atoms with van der Waals surface area (Å²) in [6, 6.07) is 13.7. The molecule has 6 heteroatoms. The fourth-order valence-corrected chi connectivity index (χ4v) is 3.15. The van der Waals surface area contributed by atoms with Crippen LogP contribution in [0.15, 0.2) is 59.1 Å². The van der Waals surface area contributed by atoms with E-state index < -0.39 is 0 Å². The summed E-state index contributed by atoms with van der Waals surface area (Å²) in [5, 5.41) is 3.06. The quantitative estimate of drug-likeness (QED) is 0.740. The number of amides is 1. The van der Waals surface area contributed by atoms with E-state index >= 15 is 0 Å². The Labute approximate surface area is 156 Å². The lowest BCUT2D eigenvalue weighted by Gasteiger charge is -2.26. The third-order valence-electron chi connectivity index (χ3n) is 4.54. The molecule has 1 aromatic heterocycles. The number of hydrogen-bond acceptors (Lipinski definition) is 4. The number of carbonyl (C=O) groups is 1. The molecule has 2 aromatic carbocycles. The van der Waals surface area contributed by atoms with Gasteiger partial charge in [0.1, 0.15) is 11.6 Å². The van der Waals surface area contributed by atoms with Gasteiger partial charge in [0, 0.05) is 30.4 Å². The highest BCUT2D eigenvalue weighted by atomic mass is 19.1. The summed E-state index contributed by atoms with van der Waals surface area (Å²) in [5.74, 6) is 1.51. The fraction of sp³-hybridized carbons (Fsp3) is 0.238. The first-order chi connectivity index (χ1) is 13.2. The molecule has 0 spiro atoms. The second kappa shape index (κ2) is 7.61. The van der Waals surface area contributed by atoms with Gasteiger partial charge in [0.15, 0.2) is 11.7 Å². The minimum absolute atomic E-state index is 0.0400. The van der Waals surface area contributed by atoms with E-state index in [1.807, 2.05) is 24.3 Å². The van der Waals surface area contributed by atoms with Gasteiger partial charge in [-0.1, -0.05) is 18.2 Å². The zero-order valence-electron chi connectivity index (χ0n) is 14.7. The van der Waals surface area contributed by atoms with E-state index in [0.29, 0.717) is 24.7 Å². The molecule has 138 valence electrons. The standard InChI is InChI=1S/C21H19FN2O3/c22-15-7-5-14(6-8-15)19-13-23-21(27-19)10-9-20(25)24-17-11-12-26-18-4-2-1-3-16(17)18/h1-8,13,17H,9-12H2,(H,24,25)/t17-/m1/s1. The molecule has 3 aromatic rings. The largest absolute Gasteiger partial charge is 0.493 e. The van der Waals surface area contributed by atoms with Gasteiger partial charge in [-0.15, -0.1) is 0 Å². The molecular formula is C21H19FN2O3. The van der Waals surface area contributed by atoms with Gasteiger partial charge in [-0.25, -0.2) is 9.37 Å². The minimum Gasteiger partial charge on any atom is -0.493 e. The lowest BCUT2D eigenvalue weighted by molar-refractivity contribution is -0.122. The Hall–Kier alpha value is -3.15. The van der Waals surface area contributed by atoms with Crippen molar-refractivity contribution in [3.8, 4) is 17.1 Å². The van der Waals surface area contributed by atoms with E-state index in [1.165, 1.54) is 12.1 Å². The van der Waals surface area contributed by atoms with Crippen LogP contribution in [-0.4, -0.2) is 17.5 Å². The van der Waals surface area contributed by atoms with Crippen molar-refractivity contribution in [1.29, 1.82) is 0 Å². The van der Waals surface area contributed by atoms with E-state index in [1.54, 1.807) is 18.3 Å². The van der Waals surface area contributed by atoms with Crippen molar-refractivity contribution in [2.75, 3.05) is 6.61 Å². The molecule has 4 rings (SSSR count). The molecule has 2 heterocycles. The van der Waals surface area contributed by atoms with Crippen molar-refractivity contribution in [2.24, 2.45) is 0 Å². The van der Waals surface area contributed by atoms with Gasteiger partial charge in [-0.2, -0.15) is 0 Å². The Morgan fingerprint density at radius 1 is 1.19 bits per heavy atom. The third kappa shape index (κ3) is 4.00. The normalized spacial score (nSPS) is 15.7. The molecule has 0 unspecified atom stereocenters. The van der Waals surface area contributed by atoms with Gasteiger partial charge in [-0.05, 0) is 30.3 Å². The van der Waals surface area contributed by atoms with Crippen molar-refractivity contribution >= 4 is 5.91 Å². The number of hydrogen-bond donors (Lipinski definition) is 1. The molecule has 0 aliphatic carbocycles. The Morgan fingerprint density at radius 2 is 2.00 bits per heavy atom. The topological polar surface area (TPSA) is 64.4 Å². The average molecular weight is 366 g/mol. The molecule has 1 amide bonds. The van der Waals surface area contributed by atoms with Crippen LogP contribution in [0.4, 0.5) is 4.39 Å². The number of carbonyl (C=O) groups excluding carboxylic acids is 1. The van der Waals surface area contributed by atoms with Crippen LogP contribution in [0.5, 0.6) is 5.75 Å². The molecule has 0 saturated heterocycles. The average Bonchev–Trinajstić information content (AvgIpc) is 3.16. The van der Waals surface area contributed by atoms with Crippen LogP contribution in [-0.2, 0) is 11.2 Å². The molecule has 0 radical (unpaired) electrons. The lowest BCUT2D eigenvalue weighted by Crippen LogP contribution is -2.32. The van der Waals surface area contributed by atoms with Crippen LogP contribution in [0.2, 0.25) is 0 Å². The highest BCUT2D eigenvalue weighted by molar-refractivity contribution is 5.76. The van der Waals surface area contributed by atoms with Crippen LogP contribution in [0.1, 0.15) is 30.3 Å². The van der Waals surface area contributed by atoms with Gasteiger partial charge >= 0.3 is 0 Å². The van der Waals surface area contributed by atoms with E-state index in [9.17, 15) is 9.18 Å². The Kier molecular flexibility index (Phi) is 4.87. The van der Waals surface area contributed by atoms with Crippen LogP contribution in [0.3, 0.4) is 0 Å². The van der Waals surface area contributed by atoms with Crippen LogP contribution in [0.25, 0.3) is 11.3 Å². The number of aromatic nitrogens is 1. The highest BCUT2D eigenvalue weighted by Crippen LogP contribution is 2.31. The summed E-state index contributed by atoms with van der Waals surface area (Å²) in [4.78, 5) is 16.6. The maximum absolute atomic E-state index is 13.0. The zero-order chi connectivity index (χ0) is 18.6. The molecule has 1 N–H and O–H groups in total. The number of aryl methyl sites for hydroxylation is 1. The summed E-state index contributed by atoms with van der Waals surface area (Å²) in [7, 11) is 0. The first kappa shape index (κ1) is 17.3. The molecule has 0 bridgehead atoms. The van der Waals surface area contributed by atoms with Crippen molar-refractivity contribution < 1.29 is 18.3 Å². The fourth-order valence-electron chi connectivity index (χ4n) is 3.15. The second-order valence-electron chi connectivity index (χ2n) is 6.42. The number of para-hydroxylation sites is 1. The van der Waals surface area contributed by atoms with Gasteiger partial charge in [0.25, 0.3) is 0 Å². The molecule has 1 aliphatic rings. The van der Waals surface area contributed by atoms with Crippen molar-refractivity contribution in [1.82, 2.24) is 10.3 Å². The summed E-state index contributed by atoms with van der Waals surface area (Å²) >= 11 is 0. The van der Waals surface area contributed by atoms with E-state index in [-0.39, 0.29) is 24.2 Å². The number of fused-ring (bicyclic) bond motifs is 1. The lowest BCUT2D eigenvalue weighted by atomic mass is 10.0. The first-order valence-electron chi connectivity index (χ1n) is 8.91. The first-order valence-corrected chi connectivity index (χ1v) is 8.91. The number of benzene rings is 2. The van der Waals surface area contributed by atoms with E-state index in [0.717, 1.165) is 23.3 Å². The zero-order valence-corrected chi connectivity index (χ0v) is 14.7. The van der Waals surface area contributed by atoms with Gasteiger partial charge in [0.05, 0.1) is 18.8 Å². The maximum atomic E-state index is 13.0. The number of nitrogens with one attached hydrogen (secondary N) is 1. The van der Waals surface area contributed by atoms with Crippen molar-refractivity contribution in [3.05, 3.63) is 72.0 Å². The number of ether oxygens (including phenoxy) is 1. The predicted molar refractivity (Wildman–Crippen MR) is 97.7 cm³/mol. The third-order valence-corrected chi connectivity index (χ3v) is 4.54. The molecular weight excluding hydrogens is 347 g/mol. The van der Waals surface area contributed by atoms with Crippen molar-refractivity contribution in [2.45, 2.75) is 25.3 Å². The Morgan fingerprint density at radius 3 is 2.85 bits per heavy atom. The van der Waals surface area contributed by atoms with Gasteiger partial charge in [-0.3, -0.25) is 4.79 Å². The molecule has 0 fully saturated rings. The Bertz CT molecular complexity index is 937. The van der Waals surface area contributed by atoms with Crippen LogP contribution in [0, 0.1) is 5.82 Å². The molecule has 1 aliphatic heterocycles. The molecule has 27 heavy (non-hydrogen) atoms. The van der Waals surface area contributed by atoms with Crippen molar-refractivity contribution in [3.63, 3.8) is 0 Å². The smallest absolute Gasteiger partial charge is 0.220 e. The second-order valence-corrected chi connectivity index (χ2v) is 6.42. The van der Waals surface area contributed by atoms with Crippen LogP contribution >= 0.6 is 0 Å². The highest BCUT2D eigenvalue weighted by Gasteiger charge is 2.22. The number of halogens is 1. The van der Waals surface area contributed by atoms with E-state index in [2.05, 4.69) is 10.3 Å². The van der Waals surface area contributed by atoms with Crippen LogP contribution < -0.4 is 10.1 Å². The number of nitrogens with zero attached hydrogens (tertiary/aromatic N) is 1. The summed E-state index contributed by atoms with van der Waals surface area (Å²) in [6.45, 7) is 0.586. The van der Waals surface area contributed by atoms with Gasteiger partial charge in [0.2, 0.25) is 5.91 Å². The molecule has 5 nitrogen and oxygen atoms in total.